The Morgan fingerprint density at radius 1 is 1.19 bits per heavy atom. The van der Waals surface area contributed by atoms with Gasteiger partial charge in [0.05, 0.1) is 6.07 Å². The first-order chi connectivity index (χ1) is 7.58. The SMILES string of the molecule is CC1(C)CCCC(C#N)(N2CCNCC2)C1. The Kier molecular flexibility index (Phi) is 3.23. The minimum atomic E-state index is -0.177. The van der Waals surface area contributed by atoms with Crippen LogP contribution < -0.4 is 5.32 Å². The molecule has 2 aliphatic rings. The largest absolute Gasteiger partial charge is 0.314 e. The van der Waals surface area contributed by atoms with E-state index >= 15 is 0 Å². The van der Waals surface area contributed by atoms with E-state index in [0.717, 1.165) is 39.0 Å². The quantitative estimate of drug-likeness (QED) is 0.733. The molecule has 90 valence electrons. The Balaban J connectivity index is 2.15. The molecule has 0 amide bonds. The molecule has 2 fully saturated rings. The lowest BCUT2D eigenvalue weighted by atomic mass is 9.68. The number of nitrogens with one attached hydrogen (secondary N) is 1. The molecule has 1 saturated carbocycles. The van der Waals surface area contributed by atoms with Gasteiger partial charge in [-0.05, 0) is 24.7 Å². The van der Waals surface area contributed by atoms with Gasteiger partial charge in [-0.15, -0.1) is 0 Å². The number of nitrogens with zero attached hydrogens (tertiary/aromatic N) is 2. The fourth-order valence-corrected chi connectivity index (χ4v) is 3.36. The van der Waals surface area contributed by atoms with Crippen molar-refractivity contribution in [3.63, 3.8) is 0 Å². The smallest absolute Gasteiger partial charge is 0.109 e. The zero-order valence-corrected chi connectivity index (χ0v) is 10.6. The van der Waals surface area contributed by atoms with Crippen molar-refractivity contribution in [3.8, 4) is 6.07 Å². The van der Waals surface area contributed by atoms with E-state index in [2.05, 4.69) is 30.1 Å². The first-order valence-corrected chi connectivity index (χ1v) is 6.45. The Morgan fingerprint density at radius 3 is 2.44 bits per heavy atom. The molecule has 1 aliphatic heterocycles. The van der Waals surface area contributed by atoms with Crippen molar-refractivity contribution in [2.45, 2.75) is 45.1 Å². The van der Waals surface area contributed by atoms with Gasteiger partial charge in [0, 0.05) is 26.2 Å². The Labute approximate surface area is 98.8 Å². The zero-order chi connectivity index (χ0) is 11.6. The first kappa shape index (κ1) is 11.9. The van der Waals surface area contributed by atoms with Gasteiger partial charge < -0.3 is 5.32 Å². The summed E-state index contributed by atoms with van der Waals surface area (Å²) < 4.78 is 0. The van der Waals surface area contributed by atoms with Crippen LogP contribution in [0.15, 0.2) is 0 Å². The third-order valence-electron chi connectivity index (χ3n) is 4.15. The third kappa shape index (κ3) is 2.23. The Bertz CT molecular complexity index is 286. The second kappa shape index (κ2) is 4.35. The molecular formula is C13H23N3. The predicted octanol–water partition coefficient (Wildman–Crippen LogP) is 1.75. The van der Waals surface area contributed by atoms with E-state index in [1.807, 2.05) is 0 Å². The number of hydrogen-bond donors (Lipinski definition) is 1. The molecule has 1 atom stereocenters. The van der Waals surface area contributed by atoms with Crippen LogP contribution in [0.4, 0.5) is 0 Å². The van der Waals surface area contributed by atoms with Crippen LogP contribution in [0, 0.1) is 16.7 Å². The van der Waals surface area contributed by atoms with E-state index in [4.69, 9.17) is 0 Å². The lowest BCUT2D eigenvalue weighted by molar-refractivity contribution is 0.0360. The summed E-state index contributed by atoms with van der Waals surface area (Å²) >= 11 is 0. The Hall–Kier alpha value is -0.590. The summed E-state index contributed by atoms with van der Waals surface area (Å²) in [6, 6.07) is 2.64. The summed E-state index contributed by atoms with van der Waals surface area (Å²) in [6.07, 6.45) is 4.57. The Morgan fingerprint density at radius 2 is 1.88 bits per heavy atom. The molecule has 0 aromatic carbocycles. The molecule has 0 radical (unpaired) electrons. The van der Waals surface area contributed by atoms with Gasteiger partial charge in [-0.2, -0.15) is 5.26 Å². The number of rotatable bonds is 1. The molecule has 0 aromatic heterocycles. The van der Waals surface area contributed by atoms with Crippen molar-refractivity contribution in [2.75, 3.05) is 26.2 Å². The minimum absolute atomic E-state index is 0.177. The summed E-state index contributed by atoms with van der Waals surface area (Å²) in [6.45, 7) is 8.74. The normalized spacial score (nSPS) is 35.6. The van der Waals surface area contributed by atoms with Gasteiger partial charge in [-0.1, -0.05) is 20.3 Å². The van der Waals surface area contributed by atoms with Crippen molar-refractivity contribution in [1.29, 1.82) is 5.26 Å². The summed E-state index contributed by atoms with van der Waals surface area (Å²) in [5, 5.41) is 13.0. The molecule has 0 bridgehead atoms. The highest BCUT2D eigenvalue weighted by Gasteiger charge is 2.44. The molecule has 0 spiro atoms. The molecule has 1 aliphatic carbocycles. The van der Waals surface area contributed by atoms with E-state index in [9.17, 15) is 5.26 Å². The average molecular weight is 221 g/mol. The fraction of sp³-hybridized carbons (Fsp3) is 0.923. The van der Waals surface area contributed by atoms with Crippen molar-refractivity contribution in [1.82, 2.24) is 10.2 Å². The van der Waals surface area contributed by atoms with Crippen molar-refractivity contribution in [3.05, 3.63) is 0 Å². The van der Waals surface area contributed by atoms with Crippen LogP contribution in [-0.4, -0.2) is 36.6 Å². The number of hydrogen-bond acceptors (Lipinski definition) is 3. The van der Waals surface area contributed by atoms with Gasteiger partial charge in [0.2, 0.25) is 0 Å². The zero-order valence-electron chi connectivity index (χ0n) is 10.6. The standard InChI is InChI=1S/C13H23N3/c1-12(2)4-3-5-13(10-12,11-14)16-8-6-15-7-9-16/h15H,3-10H2,1-2H3. The molecule has 2 rings (SSSR count). The van der Waals surface area contributed by atoms with E-state index < -0.39 is 0 Å². The van der Waals surface area contributed by atoms with Crippen LogP contribution in [-0.2, 0) is 0 Å². The van der Waals surface area contributed by atoms with Gasteiger partial charge in [0.15, 0.2) is 0 Å². The van der Waals surface area contributed by atoms with Gasteiger partial charge in [0.25, 0.3) is 0 Å². The third-order valence-corrected chi connectivity index (χ3v) is 4.15. The average Bonchev–Trinajstić information content (AvgIpc) is 2.29. The van der Waals surface area contributed by atoms with Crippen molar-refractivity contribution < 1.29 is 0 Å². The van der Waals surface area contributed by atoms with E-state index in [1.165, 1.54) is 12.8 Å². The molecule has 3 nitrogen and oxygen atoms in total. The predicted molar refractivity (Wildman–Crippen MR) is 65.0 cm³/mol. The lowest BCUT2D eigenvalue weighted by Crippen LogP contribution is -2.58. The molecule has 1 saturated heterocycles. The summed E-state index contributed by atoms with van der Waals surface area (Å²) in [5.41, 5.74) is 0.155. The molecule has 16 heavy (non-hydrogen) atoms. The fourth-order valence-electron chi connectivity index (χ4n) is 3.36. The van der Waals surface area contributed by atoms with Crippen molar-refractivity contribution in [2.24, 2.45) is 5.41 Å². The maximum Gasteiger partial charge on any atom is 0.109 e. The molecular weight excluding hydrogens is 198 g/mol. The molecule has 3 heteroatoms. The van der Waals surface area contributed by atoms with Gasteiger partial charge >= 0.3 is 0 Å². The van der Waals surface area contributed by atoms with Crippen LogP contribution in [0.1, 0.15) is 39.5 Å². The van der Waals surface area contributed by atoms with Gasteiger partial charge in [-0.3, -0.25) is 4.90 Å². The van der Waals surface area contributed by atoms with E-state index in [-0.39, 0.29) is 5.54 Å². The highest BCUT2D eigenvalue weighted by molar-refractivity contribution is 5.13. The van der Waals surface area contributed by atoms with Crippen LogP contribution in [0.5, 0.6) is 0 Å². The van der Waals surface area contributed by atoms with E-state index in [1.54, 1.807) is 0 Å². The van der Waals surface area contributed by atoms with Crippen molar-refractivity contribution >= 4 is 0 Å². The second-order valence-corrected chi connectivity index (χ2v) is 6.07. The van der Waals surface area contributed by atoms with Crippen LogP contribution >= 0.6 is 0 Å². The maximum atomic E-state index is 9.61. The van der Waals surface area contributed by atoms with Crippen LogP contribution in [0.25, 0.3) is 0 Å². The van der Waals surface area contributed by atoms with E-state index in [0.29, 0.717) is 5.41 Å². The first-order valence-electron chi connectivity index (χ1n) is 6.45. The molecule has 1 N–H and O–H groups in total. The number of piperazine rings is 1. The number of nitriles is 1. The lowest BCUT2D eigenvalue weighted by Gasteiger charge is -2.48. The molecule has 1 heterocycles. The summed E-state index contributed by atoms with van der Waals surface area (Å²) in [5.74, 6) is 0. The monoisotopic (exact) mass is 221 g/mol. The maximum absolute atomic E-state index is 9.61. The summed E-state index contributed by atoms with van der Waals surface area (Å²) in [4.78, 5) is 2.42. The van der Waals surface area contributed by atoms with Gasteiger partial charge in [0.1, 0.15) is 5.54 Å². The topological polar surface area (TPSA) is 39.1 Å². The minimum Gasteiger partial charge on any atom is -0.314 e. The second-order valence-electron chi connectivity index (χ2n) is 6.07. The highest BCUT2D eigenvalue weighted by Crippen LogP contribution is 2.43. The van der Waals surface area contributed by atoms with Crippen LogP contribution in [0.3, 0.4) is 0 Å². The highest BCUT2D eigenvalue weighted by atomic mass is 15.2. The van der Waals surface area contributed by atoms with Gasteiger partial charge in [-0.25, -0.2) is 0 Å². The molecule has 1 unspecified atom stereocenters. The summed E-state index contributed by atoms with van der Waals surface area (Å²) in [7, 11) is 0. The molecule has 0 aromatic rings. The van der Waals surface area contributed by atoms with Crippen LogP contribution in [0.2, 0.25) is 0 Å².